The molecule has 31 heavy (non-hydrogen) atoms. The molecule has 2 atom stereocenters. The molecule has 6 rings (SSSR count). The van der Waals surface area contributed by atoms with Gasteiger partial charge in [0.05, 0.1) is 0 Å². The van der Waals surface area contributed by atoms with E-state index in [-0.39, 0.29) is 51.0 Å². The van der Waals surface area contributed by atoms with Gasteiger partial charge in [0.2, 0.25) is 0 Å². The first-order valence-electron chi connectivity index (χ1n) is 10.1. The monoisotopic (exact) mass is 516 g/mol. The number of allylic oxidation sites excluding steroid dienone is 10. The predicted molar refractivity (Wildman–Crippen MR) is 114 cm³/mol. The Morgan fingerprint density at radius 3 is 2.19 bits per heavy atom. The maximum Gasteiger partial charge on any atom is 4.00 e. The maximum atomic E-state index is 3.66. The van der Waals surface area contributed by atoms with Crippen LogP contribution in [0.4, 0.5) is 0 Å². The minimum atomic E-state index is 0. The number of benzene rings is 2. The quantitative estimate of drug-likeness (QED) is 0.505. The second-order valence-electron chi connectivity index (χ2n) is 7.91. The van der Waals surface area contributed by atoms with Crippen LogP contribution in [0.2, 0.25) is 0 Å². The van der Waals surface area contributed by atoms with E-state index in [1.54, 1.807) is 0 Å². The molecule has 4 aliphatic rings. The normalized spacial score (nSPS) is 20.3. The van der Waals surface area contributed by atoms with Crippen LogP contribution in [0, 0.1) is 12.2 Å². The third-order valence-electron chi connectivity index (χ3n) is 6.25. The first-order valence-corrected chi connectivity index (χ1v) is 10.1. The second kappa shape index (κ2) is 9.87. The van der Waals surface area contributed by atoms with E-state index in [0.29, 0.717) is 11.8 Å². The summed E-state index contributed by atoms with van der Waals surface area (Å²) in [6.07, 6.45) is 26.8. The van der Waals surface area contributed by atoms with E-state index in [4.69, 9.17) is 0 Å². The molecule has 0 heterocycles. The van der Waals surface area contributed by atoms with Gasteiger partial charge in [-0.3, -0.25) is 0 Å². The molecule has 150 valence electrons. The molecular formula is C28H20Cl2Zr. The first kappa shape index (κ1) is 24.0. The van der Waals surface area contributed by atoms with Crippen LogP contribution >= 0.6 is 0 Å². The molecule has 2 aromatic rings. The summed E-state index contributed by atoms with van der Waals surface area (Å²) in [5.41, 5.74) is 10.8. The zero-order chi connectivity index (χ0) is 18.5. The summed E-state index contributed by atoms with van der Waals surface area (Å²) < 4.78 is 0. The Bertz CT molecular complexity index is 1180. The van der Waals surface area contributed by atoms with Crippen molar-refractivity contribution in [1.29, 1.82) is 0 Å². The van der Waals surface area contributed by atoms with E-state index in [2.05, 4.69) is 97.2 Å². The fourth-order valence-electron chi connectivity index (χ4n) is 4.82. The van der Waals surface area contributed by atoms with Crippen molar-refractivity contribution in [2.24, 2.45) is 0 Å². The van der Waals surface area contributed by atoms with E-state index in [1.165, 1.54) is 44.5 Å². The van der Waals surface area contributed by atoms with E-state index in [1.807, 2.05) is 0 Å². The number of halogens is 2. The molecule has 3 heteroatoms. The zero-order valence-corrected chi connectivity index (χ0v) is 20.9. The molecule has 0 saturated carbocycles. The summed E-state index contributed by atoms with van der Waals surface area (Å²) in [5.74, 6) is 0.794. The maximum absolute atomic E-state index is 3.66. The van der Waals surface area contributed by atoms with E-state index in [9.17, 15) is 0 Å². The molecular weight excluding hydrogens is 498 g/mol. The minimum absolute atomic E-state index is 0. The van der Waals surface area contributed by atoms with Crippen molar-refractivity contribution >= 4 is 0 Å². The molecule has 0 amide bonds. The molecule has 0 nitrogen and oxygen atoms in total. The van der Waals surface area contributed by atoms with E-state index in [0.717, 1.165) is 12.8 Å². The summed E-state index contributed by atoms with van der Waals surface area (Å²) in [4.78, 5) is 0. The van der Waals surface area contributed by atoms with Crippen molar-refractivity contribution in [3.8, 4) is 0 Å². The molecule has 0 aliphatic heterocycles. The summed E-state index contributed by atoms with van der Waals surface area (Å²) in [7, 11) is 0. The van der Waals surface area contributed by atoms with E-state index < -0.39 is 0 Å². The van der Waals surface area contributed by atoms with Crippen LogP contribution in [0.15, 0.2) is 96.2 Å². The Balaban J connectivity index is 0.000000907. The van der Waals surface area contributed by atoms with Crippen molar-refractivity contribution in [2.75, 3.05) is 0 Å². The van der Waals surface area contributed by atoms with Gasteiger partial charge in [-0.25, -0.2) is 0 Å². The first-order chi connectivity index (χ1) is 13.9. The SMILES string of the molecule is [C-]1=C2C=CC=CC2c2ccc(CCc3cccc4c3[C-]=C3C=CC=CC34)cc21.[Cl-].[Cl-].[Zr+4]. The Morgan fingerprint density at radius 2 is 1.42 bits per heavy atom. The largest absolute Gasteiger partial charge is 4.00 e. The van der Waals surface area contributed by atoms with E-state index >= 15 is 0 Å². The standard InChI is InChI=1S/C28H20.2ClH.Zr/c1-3-9-24-21(6-1)17-23-16-19(13-15-26(23)24)12-14-20-8-5-11-27-25-10-4-2-7-22(25)18-28(20)27;;;/h1-11,13,15-16,24-25H,12,14H2;2*1H;/q-2;;;+4/p-2. The van der Waals surface area contributed by atoms with Crippen LogP contribution in [0.5, 0.6) is 0 Å². The van der Waals surface area contributed by atoms with Crippen LogP contribution in [0.1, 0.15) is 45.2 Å². The second-order valence-corrected chi connectivity index (χ2v) is 7.91. The number of hydrogen-bond acceptors (Lipinski definition) is 0. The molecule has 0 radical (unpaired) electrons. The summed E-state index contributed by atoms with van der Waals surface area (Å²) in [6, 6.07) is 13.7. The van der Waals surface area contributed by atoms with Crippen molar-refractivity contribution in [2.45, 2.75) is 24.7 Å². The smallest absolute Gasteiger partial charge is 1.00 e. The topological polar surface area (TPSA) is 0 Å². The van der Waals surface area contributed by atoms with Gasteiger partial charge in [-0.05, 0) is 18.3 Å². The van der Waals surface area contributed by atoms with Gasteiger partial charge in [-0.15, -0.1) is 99.7 Å². The van der Waals surface area contributed by atoms with Gasteiger partial charge < -0.3 is 24.8 Å². The summed E-state index contributed by atoms with van der Waals surface area (Å²) >= 11 is 0. The molecule has 0 fully saturated rings. The fraction of sp³-hybridized carbons (Fsp3) is 0.143. The Hall–Kier alpha value is -1.66. The number of aryl methyl sites for hydroxylation is 2. The van der Waals surface area contributed by atoms with Gasteiger partial charge in [-0.2, -0.15) is 0 Å². The molecule has 0 spiro atoms. The molecule has 0 N–H and O–H groups in total. The van der Waals surface area contributed by atoms with Gasteiger partial charge in [0.15, 0.2) is 0 Å². The molecule has 0 aromatic heterocycles. The van der Waals surface area contributed by atoms with Crippen molar-refractivity contribution in [3.05, 3.63) is 142 Å². The molecule has 0 saturated heterocycles. The third kappa shape index (κ3) is 4.21. The van der Waals surface area contributed by atoms with Crippen LogP contribution < -0.4 is 24.8 Å². The summed E-state index contributed by atoms with van der Waals surface area (Å²) in [6.45, 7) is 0. The van der Waals surface area contributed by atoms with Crippen molar-refractivity contribution in [1.82, 2.24) is 0 Å². The molecule has 2 aromatic carbocycles. The average Bonchev–Trinajstić information content (AvgIpc) is 3.30. The average molecular weight is 519 g/mol. The summed E-state index contributed by atoms with van der Waals surface area (Å²) in [5, 5.41) is 0. The predicted octanol–water partition coefficient (Wildman–Crippen LogP) is 0.0791. The Morgan fingerprint density at radius 1 is 0.710 bits per heavy atom. The third-order valence-corrected chi connectivity index (χ3v) is 6.25. The van der Waals surface area contributed by atoms with Crippen molar-refractivity contribution < 1.29 is 51.0 Å². The van der Waals surface area contributed by atoms with Crippen LogP contribution in [0.25, 0.3) is 0 Å². The number of rotatable bonds is 3. The minimum Gasteiger partial charge on any atom is -1.00 e. The van der Waals surface area contributed by atoms with Gasteiger partial charge in [0, 0.05) is 0 Å². The number of fused-ring (bicyclic) bond motifs is 6. The van der Waals surface area contributed by atoms with Gasteiger partial charge >= 0.3 is 26.2 Å². The Kier molecular flexibility index (Phi) is 7.64. The van der Waals surface area contributed by atoms with Crippen LogP contribution in [-0.4, -0.2) is 0 Å². The Labute approximate surface area is 216 Å². The van der Waals surface area contributed by atoms with Crippen LogP contribution in [-0.2, 0) is 39.0 Å². The number of hydrogen-bond donors (Lipinski definition) is 0. The fourth-order valence-corrected chi connectivity index (χ4v) is 4.82. The zero-order valence-electron chi connectivity index (χ0n) is 16.9. The van der Waals surface area contributed by atoms with Gasteiger partial charge in [-0.1, -0.05) is 48.4 Å². The van der Waals surface area contributed by atoms with Gasteiger partial charge in [0.1, 0.15) is 0 Å². The molecule has 2 unspecified atom stereocenters. The molecule has 0 bridgehead atoms. The van der Waals surface area contributed by atoms with Gasteiger partial charge in [0.25, 0.3) is 0 Å². The van der Waals surface area contributed by atoms with Crippen LogP contribution in [0.3, 0.4) is 0 Å². The molecule has 4 aliphatic carbocycles. The van der Waals surface area contributed by atoms with Crippen molar-refractivity contribution in [3.63, 3.8) is 0 Å².